The molecule has 1 aliphatic rings. The van der Waals surface area contributed by atoms with E-state index in [1.165, 1.54) is 0 Å². The molecule has 0 saturated heterocycles. The molecule has 5 nitrogen and oxygen atoms in total. The Morgan fingerprint density at radius 2 is 2.00 bits per heavy atom. The average Bonchev–Trinajstić information content (AvgIpc) is 3.00. The van der Waals surface area contributed by atoms with Gasteiger partial charge in [0.2, 0.25) is 0 Å². The van der Waals surface area contributed by atoms with Gasteiger partial charge in [-0.05, 0) is 36.4 Å². The highest BCUT2D eigenvalue weighted by atomic mass is 79.9. The van der Waals surface area contributed by atoms with E-state index in [-0.39, 0.29) is 0 Å². The van der Waals surface area contributed by atoms with Crippen LogP contribution in [0.15, 0.2) is 34.8 Å². The van der Waals surface area contributed by atoms with E-state index in [0.717, 1.165) is 64.2 Å². The molecule has 0 aliphatic heterocycles. The van der Waals surface area contributed by atoms with Crippen molar-refractivity contribution in [2.24, 2.45) is 0 Å². The molecule has 124 valence electrons. The third kappa shape index (κ3) is 2.55. The van der Waals surface area contributed by atoms with E-state index in [9.17, 15) is 9.90 Å². The van der Waals surface area contributed by atoms with Crippen molar-refractivity contribution in [1.82, 2.24) is 15.3 Å². The molecule has 3 aromatic rings. The summed E-state index contributed by atoms with van der Waals surface area (Å²) in [5, 5.41) is 14.3. The zero-order valence-electron chi connectivity index (χ0n) is 13.1. The molecule has 4 rings (SSSR count). The maximum atomic E-state index is 11.4. The summed E-state index contributed by atoms with van der Waals surface area (Å²) in [5.41, 5.74) is 1.23. The van der Waals surface area contributed by atoms with Crippen molar-refractivity contribution in [2.75, 3.05) is 0 Å². The Balaban J connectivity index is 1.89. The van der Waals surface area contributed by atoms with E-state index in [4.69, 9.17) is 4.98 Å². The quantitative estimate of drug-likeness (QED) is 0.584. The lowest BCUT2D eigenvalue weighted by Gasteiger charge is -2.35. The SMILES string of the molecule is O=C(O)NC1(c2nc3ccc4cc(Br)ccc4c3[nH]2)CCCCC1. The van der Waals surface area contributed by atoms with Crippen molar-refractivity contribution in [3.05, 3.63) is 40.6 Å². The second-order valence-electron chi connectivity index (χ2n) is 6.48. The molecule has 24 heavy (non-hydrogen) atoms. The topological polar surface area (TPSA) is 78.0 Å². The van der Waals surface area contributed by atoms with Gasteiger partial charge >= 0.3 is 6.09 Å². The van der Waals surface area contributed by atoms with E-state index in [2.05, 4.69) is 38.4 Å². The summed E-state index contributed by atoms with van der Waals surface area (Å²) in [5.74, 6) is 0.731. The maximum absolute atomic E-state index is 11.4. The Labute approximate surface area is 147 Å². The zero-order chi connectivity index (χ0) is 16.7. The number of rotatable bonds is 2. The summed E-state index contributed by atoms with van der Waals surface area (Å²) in [6, 6.07) is 10.2. The summed E-state index contributed by atoms with van der Waals surface area (Å²) >= 11 is 3.50. The van der Waals surface area contributed by atoms with Crippen molar-refractivity contribution < 1.29 is 9.90 Å². The van der Waals surface area contributed by atoms with Crippen LogP contribution in [-0.2, 0) is 5.54 Å². The molecule has 1 heterocycles. The summed E-state index contributed by atoms with van der Waals surface area (Å²) in [6.45, 7) is 0. The highest BCUT2D eigenvalue weighted by Gasteiger charge is 2.38. The van der Waals surface area contributed by atoms with Crippen LogP contribution in [0.1, 0.15) is 37.9 Å². The number of hydrogen-bond donors (Lipinski definition) is 3. The lowest BCUT2D eigenvalue weighted by atomic mass is 9.81. The fraction of sp³-hybridized carbons (Fsp3) is 0.333. The minimum atomic E-state index is -0.994. The van der Waals surface area contributed by atoms with Gasteiger partial charge in [0.15, 0.2) is 0 Å². The van der Waals surface area contributed by atoms with E-state index in [1.807, 2.05) is 18.2 Å². The first-order valence-electron chi connectivity index (χ1n) is 8.17. The molecule has 1 aliphatic carbocycles. The van der Waals surface area contributed by atoms with Gasteiger partial charge in [-0.1, -0.05) is 47.3 Å². The normalized spacial score (nSPS) is 17.2. The van der Waals surface area contributed by atoms with E-state index < -0.39 is 11.6 Å². The molecule has 2 aromatic carbocycles. The van der Waals surface area contributed by atoms with Crippen molar-refractivity contribution in [1.29, 1.82) is 0 Å². The second-order valence-corrected chi connectivity index (χ2v) is 7.40. The number of carbonyl (C=O) groups is 1. The predicted octanol–water partition coefficient (Wildman–Crippen LogP) is 4.91. The maximum Gasteiger partial charge on any atom is 0.405 e. The van der Waals surface area contributed by atoms with Crippen molar-refractivity contribution >= 4 is 43.8 Å². The highest BCUT2D eigenvalue weighted by Crippen LogP contribution is 2.37. The first-order valence-corrected chi connectivity index (χ1v) is 8.96. The summed E-state index contributed by atoms with van der Waals surface area (Å²) in [7, 11) is 0. The molecule has 0 radical (unpaired) electrons. The largest absolute Gasteiger partial charge is 0.465 e. The van der Waals surface area contributed by atoms with E-state index in [1.54, 1.807) is 0 Å². The van der Waals surface area contributed by atoms with E-state index >= 15 is 0 Å². The van der Waals surface area contributed by atoms with Crippen LogP contribution in [0.3, 0.4) is 0 Å². The summed E-state index contributed by atoms with van der Waals surface area (Å²) < 4.78 is 1.03. The van der Waals surface area contributed by atoms with Gasteiger partial charge in [0.05, 0.1) is 11.0 Å². The fourth-order valence-electron chi connectivity index (χ4n) is 3.79. The van der Waals surface area contributed by atoms with Crippen LogP contribution in [0.25, 0.3) is 21.8 Å². The molecule has 1 aromatic heterocycles. The van der Waals surface area contributed by atoms with Gasteiger partial charge in [-0.15, -0.1) is 0 Å². The number of halogens is 1. The highest BCUT2D eigenvalue weighted by molar-refractivity contribution is 9.10. The number of amides is 1. The van der Waals surface area contributed by atoms with Crippen LogP contribution in [0.5, 0.6) is 0 Å². The van der Waals surface area contributed by atoms with Crippen molar-refractivity contribution in [3.63, 3.8) is 0 Å². The van der Waals surface area contributed by atoms with Crippen molar-refractivity contribution in [2.45, 2.75) is 37.6 Å². The third-order valence-electron chi connectivity index (χ3n) is 4.94. The Bertz CT molecular complexity index is 929. The first-order chi connectivity index (χ1) is 11.6. The molecular formula is C18H18BrN3O2. The molecule has 0 bridgehead atoms. The van der Waals surface area contributed by atoms with Gasteiger partial charge in [-0.2, -0.15) is 0 Å². The summed E-state index contributed by atoms with van der Waals surface area (Å²) in [4.78, 5) is 19.5. The van der Waals surface area contributed by atoms with Gasteiger partial charge in [0, 0.05) is 9.86 Å². The standard InChI is InChI=1S/C18H18BrN3O2/c19-12-5-6-13-11(10-12)4-7-14-15(13)21-16(20-14)18(22-17(23)24)8-2-1-3-9-18/h4-7,10,22H,1-3,8-9H2,(H,20,21)(H,23,24). The average molecular weight is 388 g/mol. The molecule has 0 spiro atoms. The van der Waals surface area contributed by atoms with Crippen LogP contribution in [-0.4, -0.2) is 21.2 Å². The molecule has 1 amide bonds. The number of benzene rings is 2. The van der Waals surface area contributed by atoms with Crippen LogP contribution in [0.2, 0.25) is 0 Å². The lowest BCUT2D eigenvalue weighted by molar-refractivity contribution is 0.159. The van der Waals surface area contributed by atoms with Crippen LogP contribution in [0.4, 0.5) is 4.79 Å². The second kappa shape index (κ2) is 5.77. The number of hydrogen-bond acceptors (Lipinski definition) is 2. The van der Waals surface area contributed by atoms with Gasteiger partial charge < -0.3 is 15.4 Å². The zero-order valence-corrected chi connectivity index (χ0v) is 14.7. The van der Waals surface area contributed by atoms with Gasteiger partial charge in [-0.3, -0.25) is 0 Å². The molecule has 0 unspecified atom stereocenters. The Morgan fingerprint density at radius 1 is 1.21 bits per heavy atom. The number of nitrogens with one attached hydrogen (secondary N) is 2. The van der Waals surface area contributed by atoms with Crippen LogP contribution < -0.4 is 5.32 Å². The number of H-pyrrole nitrogens is 1. The number of nitrogens with zero attached hydrogens (tertiary/aromatic N) is 1. The lowest BCUT2D eigenvalue weighted by Crippen LogP contribution is -2.47. The van der Waals surface area contributed by atoms with Gasteiger partial charge in [-0.25, -0.2) is 9.78 Å². The van der Waals surface area contributed by atoms with Crippen LogP contribution in [0, 0.1) is 0 Å². The number of fused-ring (bicyclic) bond motifs is 3. The Kier molecular flexibility index (Phi) is 3.72. The third-order valence-corrected chi connectivity index (χ3v) is 5.44. The molecule has 6 heteroatoms. The van der Waals surface area contributed by atoms with Gasteiger partial charge in [0.1, 0.15) is 11.4 Å². The monoisotopic (exact) mass is 387 g/mol. The predicted molar refractivity (Wildman–Crippen MR) is 97.2 cm³/mol. The fourth-order valence-corrected chi connectivity index (χ4v) is 4.17. The molecular weight excluding hydrogens is 370 g/mol. The van der Waals surface area contributed by atoms with Crippen LogP contribution >= 0.6 is 15.9 Å². The molecule has 0 atom stereocenters. The number of imidazole rings is 1. The Morgan fingerprint density at radius 3 is 2.75 bits per heavy atom. The summed E-state index contributed by atoms with van der Waals surface area (Å²) in [6.07, 6.45) is 3.72. The molecule has 3 N–H and O–H groups in total. The van der Waals surface area contributed by atoms with Crippen molar-refractivity contribution in [3.8, 4) is 0 Å². The number of aromatic nitrogens is 2. The van der Waals surface area contributed by atoms with E-state index in [0.29, 0.717) is 0 Å². The smallest absolute Gasteiger partial charge is 0.405 e. The Hall–Kier alpha value is -2.08. The minimum absolute atomic E-state index is 0.606. The number of carboxylic acid groups (broad SMARTS) is 1. The first kappa shape index (κ1) is 15.4. The molecule has 1 fully saturated rings. The van der Waals surface area contributed by atoms with Gasteiger partial charge in [0.25, 0.3) is 0 Å². The minimum Gasteiger partial charge on any atom is -0.465 e. The number of aromatic amines is 1. The molecule has 1 saturated carbocycles.